The Hall–Kier alpha value is -1.26. The average Bonchev–Trinajstić information content (AvgIpc) is 2.97. The molecule has 0 saturated heterocycles. The summed E-state index contributed by atoms with van der Waals surface area (Å²) in [6.07, 6.45) is 4.39. The van der Waals surface area contributed by atoms with Gasteiger partial charge in [0.05, 0.1) is 0 Å². The van der Waals surface area contributed by atoms with E-state index in [0.717, 1.165) is 0 Å². The summed E-state index contributed by atoms with van der Waals surface area (Å²) in [6, 6.07) is 11.1. The van der Waals surface area contributed by atoms with E-state index in [1.54, 1.807) is 0 Å². The van der Waals surface area contributed by atoms with Gasteiger partial charge in [-0.25, -0.2) is 0 Å². The standard InChI is InChI=1S/C21H27N3.Au.ClH/c1-15(2)19-8-7-9-20(16(3)4)21(19)24-13-18-12-17(22(5)6)10-11-23(18)14-24;;/h7-13,15-16H,1-6H3;;1H/q;-1;/p-1. The second-order valence-corrected chi connectivity index (χ2v) is 9.77. The third-order valence-electron chi connectivity index (χ3n) is 4.74. The molecule has 0 aliphatic heterocycles. The maximum atomic E-state index is 6.51. The number of fused-ring (bicyclic) bond motifs is 1. The van der Waals surface area contributed by atoms with Crippen molar-refractivity contribution in [2.75, 3.05) is 19.0 Å². The zero-order valence-corrected chi connectivity index (χ0v) is 19.1. The zero-order chi connectivity index (χ0) is 19.0. The Labute approximate surface area is 168 Å². The van der Waals surface area contributed by atoms with Crippen molar-refractivity contribution in [1.29, 1.82) is 0 Å². The Balaban J connectivity index is 2.39. The van der Waals surface area contributed by atoms with E-state index < -0.39 is 18.2 Å². The van der Waals surface area contributed by atoms with Crippen LogP contribution in [0.2, 0.25) is 0 Å². The number of nitrogens with zero attached hydrogens (tertiary/aromatic N) is 3. The van der Waals surface area contributed by atoms with Gasteiger partial charge < -0.3 is 0 Å². The van der Waals surface area contributed by atoms with Crippen molar-refractivity contribution in [3.8, 4) is 5.69 Å². The summed E-state index contributed by atoms with van der Waals surface area (Å²) in [5.74, 6) is 0.910. The number of pyridine rings is 1. The van der Waals surface area contributed by atoms with Gasteiger partial charge in [0.15, 0.2) is 0 Å². The summed E-state index contributed by atoms with van der Waals surface area (Å²) >= 11 is -0.485. The van der Waals surface area contributed by atoms with Crippen molar-refractivity contribution in [1.82, 2.24) is 8.97 Å². The molecular weight excluding hydrogens is 527 g/mol. The summed E-state index contributed by atoms with van der Waals surface area (Å²) in [4.78, 5) is 2.13. The first-order valence-electron chi connectivity index (χ1n) is 8.91. The molecule has 0 fully saturated rings. The zero-order valence-electron chi connectivity index (χ0n) is 16.2. The van der Waals surface area contributed by atoms with Crippen LogP contribution in [0.4, 0.5) is 5.69 Å². The Bertz CT molecular complexity index is 970. The molecule has 3 aromatic rings. The average molecular weight is 554 g/mol. The number of para-hydroxylation sites is 1. The Kier molecular flexibility index (Phi) is 5.83. The van der Waals surface area contributed by atoms with Crippen molar-refractivity contribution in [3.63, 3.8) is 0 Å². The topological polar surface area (TPSA) is 12.6 Å². The fourth-order valence-electron chi connectivity index (χ4n) is 3.33. The van der Waals surface area contributed by atoms with Crippen molar-refractivity contribution in [2.24, 2.45) is 0 Å². The Morgan fingerprint density at radius 3 is 2.12 bits per heavy atom. The van der Waals surface area contributed by atoms with E-state index in [4.69, 9.17) is 9.19 Å². The summed E-state index contributed by atoms with van der Waals surface area (Å²) in [7, 11) is 10.7. The molecule has 2 heterocycles. The molecule has 5 heteroatoms. The Morgan fingerprint density at radius 1 is 1.00 bits per heavy atom. The van der Waals surface area contributed by atoms with E-state index in [9.17, 15) is 0 Å². The van der Waals surface area contributed by atoms with Crippen LogP contribution in [0, 0.1) is 3.63 Å². The number of aromatic nitrogens is 2. The minimum atomic E-state index is -0.485. The van der Waals surface area contributed by atoms with Gasteiger partial charge in [-0.2, -0.15) is 0 Å². The van der Waals surface area contributed by atoms with E-state index >= 15 is 0 Å². The van der Waals surface area contributed by atoms with Crippen LogP contribution < -0.4 is 4.90 Å². The molecule has 0 spiro atoms. The summed E-state index contributed by atoms with van der Waals surface area (Å²) in [5.41, 5.74) is 6.42. The normalized spacial score (nSPS) is 13.2. The molecule has 2 aromatic heterocycles. The van der Waals surface area contributed by atoms with Gasteiger partial charge in [0.25, 0.3) is 0 Å². The van der Waals surface area contributed by atoms with E-state index in [-0.39, 0.29) is 0 Å². The molecule has 0 radical (unpaired) electrons. The molecule has 0 saturated carbocycles. The number of anilines is 1. The van der Waals surface area contributed by atoms with Gasteiger partial charge in [0.2, 0.25) is 0 Å². The second-order valence-electron chi connectivity index (χ2n) is 7.46. The van der Waals surface area contributed by atoms with Crippen molar-refractivity contribution < 1.29 is 18.2 Å². The molecule has 0 N–H and O–H groups in total. The number of hydrogen-bond donors (Lipinski definition) is 0. The number of hydrogen-bond acceptors (Lipinski definition) is 1. The van der Waals surface area contributed by atoms with Gasteiger partial charge in [-0.15, -0.1) is 0 Å². The third kappa shape index (κ3) is 3.46. The third-order valence-corrected chi connectivity index (χ3v) is 6.99. The van der Waals surface area contributed by atoms with E-state index in [1.165, 1.54) is 31.6 Å². The van der Waals surface area contributed by atoms with Crippen LogP contribution in [0.1, 0.15) is 50.7 Å². The molecule has 3 rings (SSSR count). The van der Waals surface area contributed by atoms with Crippen LogP contribution in [0.5, 0.6) is 0 Å². The monoisotopic (exact) mass is 553 g/mol. The molecule has 146 valence electrons. The van der Waals surface area contributed by atoms with Gasteiger partial charge in [-0.05, 0) is 0 Å². The van der Waals surface area contributed by atoms with Gasteiger partial charge in [0.1, 0.15) is 0 Å². The second kappa shape index (κ2) is 7.77. The number of halogens is 1. The molecule has 0 unspecified atom stereocenters. The summed E-state index contributed by atoms with van der Waals surface area (Å²) < 4.78 is 5.76. The molecule has 0 aliphatic carbocycles. The molecule has 0 atom stereocenters. The first-order chi connectivity index (χ1) is 12.3. The van der Waals surface area contributed by atoms with E-state index in [0.29, 0.717) is 11.8 Å². The van der Waals surface area contributed by atoms with E-state index in [1.807, 2.05) is 0 Å². The van der Waals surface area contributed by atoms with E-state index in [2.05, 4.69) is 98.4 Å². The van der Waals surface area contributed by atoms with Crippen LogP contribution in [0.15, 0.2) is 42.7 Å². The first kappa shape index (κ1) is 19.5. The van der Waals surface area contributed by atoms with Crippen LogP contribution in [0.25, 0.3) is 11.2 Å². The molecule has 1 aromatic carbocycles. The molecule has 26 heavy (non-hydrogen) atoms. The molecule has 0 amide bonds. The first-order valence-corrected chi connectivity index (χ1v) is 12.7. The van der Waals surface area contributed by atoms with Crippen LogP contribution in [-0.2, 0) is 18.2 Å². The van der Waals surface area contributed by atoms with Gasteiger partial charge in [-0.3, -0.25) is 0 Å². The number of benzene rings is 1. The molecule has 3 nitrogen and oxygen atoms in total. The molecule has 0 aliphatic rings. The van der Waals surface area contributed by atoms with Crippen LogP contribution in [-0.4, -0.2) is 23.1 Å². The minimum absolute atomic E-state index is 0.455. The fraction of sp³-hybridized carbons (Fsp3) is 0.381. The quantitative estimate of drug-likeness (QED) is 0.372. The van der Waals surface area contributed by atoms with Crippen LogP contribution in [0.3, 0.4) is 0 Å². The number of imidazole rings is 1. The van der Waals surface area contributed by atoms with Gasteiger partial charge in [0, 0.05) is 0 Å². The summed E-state index contributed by atoms with van der Waals surface area (Å²) in [5, 5.41) is 0. The van der Waals surface area contributed by atoms with Crippen LogP contribution >= 0.6 is 9.19 Å². The van der Waals surface area contributed by atoms with Crippen molar-refractivity contribution >= 4 is 20.4 Å². The molecular formula is C21H27AuClN3-2. The predicted molar refractivity (Wildman–Crippen MR) is 108 cm³/mol. The summed E-state index contributed by atoms with van der Waals surface area (Å²) in [6.45, 7) is 9.05. The van der Waals surface area contributed by atoms with Crippen molar-refractivity contribution in [2.45, 2.75) is 39.5 Å². The fourth-order valence-corrected chi connectivity index (χ4v) is 5.44. The molecule has 0 bridgehead atoms. The predicted octanol–water partition coefficient (Wildman–Crippen LogP) is 5.81. The maximum absolute atomic E-state index is 6.51. The van der Waals surface area contributed by atoms with Gasteiger partial charge in [-0.1, -0.05) is 0 Å². The van der Waals surface area contributed by atoms with Gasteiger partial charge >= 0.3 is 169 Å². The Morgan fingerprint density at radius 2 is 1.62 bits per heavy atom. The van der Waals surface area contributed by atoms with Crippen molar-refractivity contribution in [3.05, 3.63) is 57.5 Å². The SMILES string of the molecule is CC(C)c1cccc(C(C)C)c1-n1cc2cc(N(C)C)ccn2[c]1=[Au-2][Cl]. The number of rotatable bonds is 4.